The molecule has 0 spiro atoms. The molecule has 6 heteroatoms. The summed E-state index contributed by atoms with van der Waals surface area (Å²) in [6.45, 7) is 1.86. The summed E-state index contributed by atoms with van der Waals surface area (Å²) < 4.78 is 29.1. The summed E-state index contributed by atoms with van der Waals surface area (Å²) in [5.41, 5.74) is 0.979. The zero-order valence-corrected chi connectivity index (χ0v) is 11.5. The van der Waals surface area contributed by atoms with E-state index < -0.39 is 5.82 Å². The summed E-state index contributed by atoms with van der Waals surface area (Å²) >= 11 is 0. The highest BCUT2D eigenvalue weighted by Crippen LogP contribution is 2.32. The number of nitrogens with zero attached hydrogens (tertiary/aromatic N) is 1. The van der Waals surface area contributed by atoms with Crippen LogP contribution >= 0.6 is 0 Å². The van der Waals surface area contributed by atoms with Gasteiger partial charge in [-0.15, -0.1) is 0 Å². The summed E-state index contributed by atoms with van der Waals surface area (Å²) in [6, 6.07) is 6.32. The summed E-state index contributed by atoms with van der Waals surface area (Å²) in [5.74, 6) is 0.364. The topological polar surface area (TPSA) is 56.5 Å². The van der Waals surface area contributed by atoms with Crippen molar-refractivity contribution in [3.63, 3.8) is 0 Å². The number of rotatable bonds is 7. The number of hydrogen-bond donors (Lipinski definition) is 1. The summed E-state index contributed by atoms with van der Waals surface area (Å²) in [7, 11) is 3.13. The maximum Gasteiger partial charge on any atom is 0.173 e. The van der Waals surface area contributed by atoms with Gasteiger partial charge < -0.3 is 19.3 Å². The molecule has 0 aliphatic heterocycles. The van der Waals surface area contributed by atoms with E-state index in [9.17, 15) is 4.39 Å². The van der Waals surface area contributed by atoms with Crippen LogP contribution in [0.3, 0.4) is 0 Å². The minimum atomic E-state index is -0.403. The minimum absolute atomic E-state index is 0.283. The Morgan fingerprint density at radius 1 is 1.35 bits per heavy atom. The fourth-order valence-corrected chi connectivity index (χ4v) is 1.82. The van der Waals surface area contributed by atoms with Crippen LogP contribution < -0.4 is 10.1 Å². The quantitative estimate of drug-likeness (QED) is 0.788. The standard InChI is InChI=1S/C14H17FN2O3/c1-18-7-6-16-9-10-8-13(20-17-10)14-11(15)4-3-5-12(14)19-2/h3-5,8,16H,6-7,9H2,1-2H3. The maximum atomic E-state index is 13.9. The van der Waals surface area contributed by atoms with Gasteiger partial charge in [0.15, 0.2) is 5.76 Å². The van der Waals surface area contributed by atoms with E-state index in [1.54, 1.807) is 25.3 Å². The van der Waals surface area contributed by atoms with Gasteiger partial charge in [0.1, 0.15) is 11.6 Å². The second kappa shape index (κ2) is 7.02. The molecule has 0 radical (unpaired) electrons. The lowest BCUT2D eigenvalue weighted by Gasteiger charge is -2.05. The Kier molecular flexibility index (Phi) is 5.09. The lowest BCUT2D eigenvalue weighted by molar-refractivity contribution is 0.199. The third-order valence-electron chi connectivity index (χ3n) is 2.79. The molecule has 2 rings (SSSR count). The molecule has 0 saturated heterocycles. The fraction of sp³-hybridized carbons (Fsp3) is 0.357. The van der Waals surface area contributed by atoms with Crippen LogP contribution in [0.2, 0.25) is 0 Å². The molecule has 0 saturated carbocycles. The van der Waals surface area contributed by atoms with Gasteiger partial charge in [0, 0.05) is 26.3 Å². The normalized spacial score (nSPS) is 10.8. The van der Waals surface area contributed by atoms with Crippen molar-refractivity contribution >= 4 is 0 Å². The molecular formula is C14H17FN2O3. The predicted octanol–water partition coefficient (Wildman–Crippen LogP) is 2.23. The highest BCUT2D eigenvalue weighted by molar-refractivity contribution is 5.66. The molecule has 0 unspecified atom stereocenters. The zero-order valence-electron chi connectivity index (χ0n) is 11.5. The third kappa shape index (κ3) is 3.34. The Labute approximate surface area is 116 Å². The third-order valence-corrected chi connectivity index (χ3v) is 2.79. The molecule has 1 heterocycles. The lowest BCUT2D eigenvalue weighted by Crippen LogP contribution is -2.18. The Balaban J connectivity index is 2.12. The van der Waals surface area contributed by atoms with Gasteiger partial charge in [0.2, 0.25) is 0 Å². The van der Waals surface area contributed by atoms with Gasteiger partial charge in [-0.3, -0.25) is 0 Å². The van der Waals surface area contributed by atoms with Crippen LogP contribution in [0.25, 0.3) is 11.3 Å². The van der Waals surface area contributed by atoms with Crippen molar-refractivity contribution in [3.05, 3.63) is 35.8 Å². The van der Waals surface area contributed by atoms with Crippen molar-refractivity contribution in [1.82, 2.24) is 10.5 Å². The first-order valence-electron chi connectivity index (χ1n) is 6.24. The molecule has 0 atom stereocenters. The molecule has 20 heavy (non-hydrogen) atoms. The molecule has 0 bridgehead atoms. The highest BCUT2D eigenvalue weighted by atomic mass is 19.1. The van der Waals surface area contributed by atoms with Crippen molar-refractivity contribution in [2.45, 2.75) is 6.54 Å². The largest absolute Gasteiger partial charge is 0.496 e. The predicted molar refractivity (Wildman–Crippen MR) is 72.0 cm³/mol. The number of ether oxygens (including phenoxy) is 2. The Bertz CT molecular complexity index is 557. The number of hydrogen-bond acceptors (Lipinski definition) is 5. The van der Waals surface area contributed by atoms with Gasteiger partial charge in [0.05, 0.1) is 25.0 Å². The number of aromatic nitrogens is 1. The van der Waals surface area contributed by atoms with Gasteiger partial charge in [-0.2, -0.15) is 0 Å². The van der Waals surface area contributed by atoms with E-state index >= 15 is 0 Å². The molecule has 108 valence electrons. The molecule has 1 aromatic carbocycles. The van der Waals surface area contributed by atoms with Crippen molar-refractivity contribution in [1.29, 1.82) is 0 Å². The minimum Gasteiger partial charge on any atom is -0.496 e. The second-order valence-corrected chi connectivity index (χ2v) is 4.17. The van der Waals surface area contributed by atoms with Crippen LogP contribution in [-0.2, 0) is 11.3 Å². The van der Waals surface area contributed by atoms with E-state index in [0.29, 0.717) is 36.9 Å². The Hall–Kier alpha value is -1.92. The van der Waals surface area contributed by atoms with Gasteiger partial charge in [-0.05, 0) is 12.1 Å². The SMILES string of the molecule is COCCNCc1cc(-c2c(F)cccc2OC)on1. The fourth-order valence-electron chi connectivity index (χ4n) is 1.82. The average Bonchev–Trinajstić information content (AvgIpc) is 2.91. The Morgan fingerprint density at radius 2 is 2.20 bits per heavy atom. The average molecular weight is 280 g/mol. The monoisotopic (exact) mass is 280 g/mol. The van der Waals surface area contributed by atoms with E-state index in [4.69, 9.17) is 14.0 Å². The molecule has 0 aliphatic carbocycles. The van der Waals surface area contributed by atoms with Gasteiger partial charge >= 0.3 is 0 Å². The smallest absolute Gasteiger partial charge is 0.173 e. The van der Waals surface area contributed by atoms with E-state index in [0.717, 1.165) is 0 Å². The van der Waals surface area contributed by atoms with E-state index in [1.165, 1.54) is 13.2 Å². The first kappa shape index (κ1) is 14.5. The van der Waals surface area contributed by atoms with Crippen molar-refractivity contribution in [3.8, 4) is 17.1 Å². The van der Waals surface area contributed by atoms with Crippen LogP contribution in [0.15, 0.2) is 28.8 Å². The molecular weight excluding hydrogens is 263 g/mol. The first-order valence-corrected chi connectivity index (χ1v) is 6.24. The molecule has 2 aromatic rings. The number of methoxy groups -OCH3 is 2. The lowest BCUT2D eigenvalue weighted by atomic mass is 10.1. The molecule has 0 fully saturated rings. The molecule has 0 aliphatic rings. The van der Waals surface area contributed by atoms with E-state index in [2.05, 4.69) is 10.5 Å². The van der Waals surface area contributed by atoms with Crippen molar-refractivity contribution in [2.75, 3.05) is 27.4 Å². The van der Waals surface area contributed by atoms with E-state index in [1.807, 2.05) is 0 Å². The van der Waals surface area contributed by atoms with Crippen LogP contribution in [0.4, 0.5) is 4.39 Å². The van der Waals surface area contributed by atoms with Crippen molar-refractivity contribution < 1.29 is 18.4 Å². The molecule has 0 amide bonds. The first-order chi connectivity index (χ1) is 9.76. The van der Waals surface area contributed by atoms with Crippen molar-refractivity contribution in [2.24, 2.45) is 0 Å². The molecule has 1 N–H and O–H groups in total. The van der Waals surface area contributed by atoms with Crippen LogP contribution in [-0.4, -0.2) is 32.5 Å². The highest BCUT2D eigenvalue weighted by Gasteiger charge is 2.16. The van der Waals surface area contributed by atoms with Crippen LogP contribution in [0.5, 0.6) is 5.75 Å². The van der Waals surface area contributed by atoms with E-state index in [-0.39, 0.29) is 5.56 Å². The summed E-state index contributed by atoms with van der Waals surface area (Å²) in [5, 5.41) is 7.04. The number of benzene rings is 1. The van der Waals surface area contributed by atoms with Crippen LogP contribution in [0, 0.1) is 5.82 Å². The van der Waals surface area contributed by atoms with Gasteiger partial charge in [-0.1, -0.05) is 11.2 Å². The summed E-state index contributed by atoms with van der Waals surface area (Å²) in [6.07, 6.45) is 0. The van der Waals surface area contributed by atoms with Gasteiger partial charge in [-0.25, -0.2) is 4.39 Å². The van der Waals surface area contributed by atoms with Gasteiger partial charge in [0.25, 0.3) is 0 Å². The number of halogens is 1. The van der Waals surface area contributed by atoms with Crippen LogP contribution in [0.1, 0.15) is 5.69 Å². The molecule has 1 aromatic heterocycles. The zero-order chi connectivity index (χ0) is 14.4. The molecule has 5 nitrogen and oxygen atoms in total. The maximum absolute atomic E-state index is 13.9. The second-order valence-electron chi connectivity index (χ2n) is 4.17. The Morgan fingerprint density at radius 3 is 2.95 bits per heavy atom. The number of nitrogens with one attached hydrogen (secondary N) is 1. The summed E-state index contributed by atoms with van der Waals surface area (Å²) in [4.78, 5) is 0.